The molecule has 0 amide bonds. The first kappa shape index (κ1) is 6.99. The molecule has 1 aliphatic rings. The smallest absolute Gasteiger partial charge is 0.169 e. The average molecular weight is 140 g/mol. The van der Waals surface area contributed by atoms with E-state index in [2.05, 4.69) is 0 Å². The number of ketones is 1. The van der Waals surface area contributed by atoms with E-state index in [0.717, 1.165) is 0 Å². The fraction of sp³-hybridized carbons (Fsp3) is 0.429. The fourth-order valence-corrected chi connectivity index (χ4v) is 0.980. The van der Waals surface area contributed by atoms with Gasteiger partial charge in [0.15, 0.2) is 12.1 Å². The Kier molecular flexibility index (Phi) is 1.85. The van der Waals surface area contributed by atoms with Gasteiger partial charge in [0.05, 0.1) is 5.57 Å². The molecule has 0 heterocycles. The second-order valence-electron chi connectivity index (χ2n) is 2.25. The van der Waals surface area contributed by atoms with E-state index in [4.69, 9.17) is 5.11 Å². The number of hydrogen-bond donors (Lipinski definition) is 1. The summed E-state index contributed by atoms with van der Waals surface area (Å²) in [5, 5.41) is 8.97. The molecule has 3 nitrogen and oxygen atoms in total. The van der Waals surface area contributed by atoms with Crippen LogP contribution in [0.3, 0.4) is 0 Å². The molecule has 1 rings (SSSR count). The maximum atomic E-state index is 10.8. The number of allylic oxidation sites excluding steroid dienone is 2. The summed E-state index contributed by atoms with van der Waals surface area (Å²) in [6.45, 7) is 0. The monoisotopic (exact) mass is 140 g/mol. The molecule has 0 saturated carbocycles. The van der Waals surface area contributed by atoms with E-state index in [-0.39, 0.29) is 17.1 Å². The van der Waals surface area contributed by atoms with Crippen molar-refractivity contribution < 1.29 is 14.7 Å². The summed E-state index contributed by atoms with van der Waals surface area (Å²) in [5.74, 6) is -0.287. The van der Waals surface area contributed by atoms with Crippen molar-refractivity contribution >= 4 is 12.1 Å². The molecule has 0 atom stereocenters. The standard InChI is InChI=1S/C7H8O3/c8-4-5-6(9)2-1-3-7(5)10/h4,9H,1-3H2. The summed E-state index contributed by atoms with van der Waals surface area (Å²) in [6.07, 6.45) is 1.93. The number of aliphatic hydroxyl groups is 1. The molecule has 0 radical (unpaired) electrons. The van der Waals surface area contributed by atoms with Gasteiger partial charge < -0.3 is 5.11 Å². The average Bonchev–Trinajstić information content (AvgIpc) is 1.88. The normalized spacial score (nSPS) is 19.4. The third kappa shape index (κ3) is 1.07. The van der Waals surface area contributed by atoms with E-state index in [1.807, 2.05) is 0 Å². The van der Waals surface area contributed by atoms with E-state index < -0.39 is 0 Å². The van der Waals surface area contributed by atoms with Crippen LogP contribution in [-0.2, 0) is 9.59 Å². The van der Waals surface area contributed by atoms with Crippen molar-refractivity contribution in [3.8, 4) is 0 Å². The first-order valence-electron chi connectivity index (χ1n) is 3.16. The number of carbonyl (C=O) groups excluding carboxylic acids is 2. The molecule has 10 heavy (non-hydrogen) atoms. The molecule has 0 spiro atoms. The number of rotatable bonds is 1. The number of aldehydes is 1. The number of hydrogen-bond acceptors (Lipinski definition) is 3. The molecule has 54 valence electrons. The van der Waals surface area contributed by atoms with Gasteiger partial charge in [-0.3, -0.25) is 9.59 Å². The molecular formula is C7H8O3. The Balaban J connectivity index is 2.94. The topological polar surface area (TPSA) is 54.4 Å². The van der Waals surface area contributed by atoms with Crippen LogP contribution < -0.4 is 0 Å². The van der Waals surface area contributed by atoms with Gasteiger partial charge in [0.25, 0.3) is 0 Å². The van der Waals surface area contributed by atoms with Gasteiger partial charge in [-0.2, -0.15) is 0 Å². The Bertz CT molecular complexity index is 203. The van der Waals surface area contributed by atoms with Crippen LogP contribution in [-0.4, -0.2) is 17.2 Å². The summed E-state index contributed by atoms with van der Waals surface area (Å²) in [4.78, 5) is 20.9. The molecule has 0 saturated heterocycles. The summed E-state index contributed by atoms with van der Waals surface area (Å²) < 4.78 is 0. The summed E-state index contributed by atoms with van der Waals surface area (Å²) in [6, 6.07) is 0. The Labute approximate surface area is 58.4 Å². The lowest BCUT2D eigenvalue weighted by molar-refractivity contribution is -0.118. The first-order valence-corrected chi connectivity index (χ1v) is 3.16. The minimum Gasteiger partial charge on any atom is -0.511 e. The van der Waals surface area contributed by atoms with Crippen LogP contribution in [0.1, 0.15) is 19.3 Å². The SMILES string of the molecule is O=CC1=C(O)CCCC1=O. The molecule has 1 N–H and O–H groups in total. The van der Waals surface area contributed by atoms with E-state index in [1.165, 1.54) is 0 Å². The highest BCUT2D eigenvalue weighted by atomic mass is 16.3. The van der Waals surface area contributed by atoms with Crippen LogP contribution in [0, 0.1) is 0 Å². The van der Waals surface area contributed by atoms with Gasteiger partial charge in [-0.15, -0.1) is 0 Å². The number of Topliss-reactive ketones (excluding diaryl/α,β-unsaturated/α-hetero) is 1. The summed E-state index contributed by atoms with van der Waals surface area (Å²) in [5.41, 5.74) is -0.0359. The molecule has 0 bridgehead atoms. The molecule has 0 aromatic heterocycles. The van der Waals surface area contributed by atoms with E-state index >= 15 is 0 Å². The second kappa shape index (κ2) is 2.64. The van der Waals surface area contributed by atoms with Crippen molar-refractivity contribution in [1.29, 1.82) is 0 Å². The Morgan fingerprint density at radius 3 is 2.50 bits per heavy atom. The minimum absolute atomic E-state index is 0.0359. The minimum atomic E-state index is -0.237. The molecule has 3 heteroatoms. The predicted octanol–water partition coefficient (Wildman–Crippen LogP) is 0.750. The van der Waals surface area contributed by atoms with Crippen molar-refractivity contribution in [2.45, 2.75) is 19.3 Å². The largest absolute Gasteiger partial charge is 0.511 e. The maximum absolute atomic E-state index is 10.8. The summed E-state index contributed by atoms with van der Waals surface area (Å²) in [7, 11) is 0. The van der Waals surface area contributed by atoms with Crippen molar-refractivity contribution in [3.63, 3.8) is 0 Å². The zero-order valence-electron chi connectivity index (χ0n) is 5.46. The van der Waals surface area contributed by atoms with Gasteiger partial charge in [0.1, 0.15) is 5.76 Å². The Morgan fingerprint density at radius 1 is 1.40 bits per heavy atom. The van der Waals surface area contributed by atoms with Gasteiger partial charge in [-0.1, -0.05) is 0 Å². The lowest BCUT2D eigenvalue weighted by Gasteiger charge is -2.09. The molecule has 0 unspecified atom stereocenters. The van der Waals surface area contributed by atoms with Crippen LogP contribution in [0.5, 0.6) is 0 Å². The second-order valence-corrected chi connectivity index (χ2v) is 2.25. The number of aliphatic hydroxyl groups excluding tert-OH is 1. The van der Waals surface area contributed by atoms with Gasteiger partial charge in [0.2, 0.25) is 0 Å². The Hall–Kier alpha value is -1.12. The van der Waals surface area contributed by atoms with Crippen LogP contribution >= 0.6 is 0 Å². The molecule has 1 aliphatic carbocycles. The lowest BCUT2D eigenvalue weighted by Crippen LogP contribution is -2.12. The van der Waals surface area contributed by atoms with E-state index in [1.54, 1.807) is 0 Å². The first-order chi connectivity index (χ1) is 4.75. The fourth-order valence-electron chi connectivity index (χ4n) is 0.980. The highest BCUT2D eigenvalue weighted by Gasteiger charge is 2.18. The van der Waals surface area contributed by atoms with Crippen LogP contribution in [0.4, 0.5) is 0 Å². The van der Waals surface area contributed by atoms with Gasteiger partial charge in [-0.25, -0.2) is 0 Å². The third-order valence-corrected chi connectivity index (χ3v) is 1.55. The van der Waals surface area contributed by atoms with Crippen molar-refractivity contribution in [2.24, 2.45) is 0 Å². The third-order valence-electron chi connectivity index (χ3n) is 1.55. The lowest BCUT2D eigenvalue weighted by atomic mass is 9.97. The predicted molar refractivity (Wildman–Crippen MR) is 34.6 cm³/mol. The van der Waals surface area contributed by atoms with Gasteiger partial charge >= 0.3 is 0 Å². The molecule has 0 fully saturated rings. The maximum Gasteiger partial charge on any atom is 0.169 e. The van der Waals surface area contributed by atoms with E-state index in [0.29, 0.717) is 25.5 Å². The molecule has 0 aromatic carbocycles. The summed E-state index contributed by atoms with van der Waals surface area (Å²) >= 11 is 0. The van der Waals surface area contributed by atoms with Gasteiger partial charge in [-0.05, 0) is 6.42 Å². The zero-order valence-corrected chi connectivity index (χ0v) is 5.46. The number of carbonyl (C=O) groups is 2. The van der Waals surface area contributed by atoms with Crippen LogP contribution in [0.15, 0.2) is 11.3 Å². The quantitative estimate of drug-likeness (QED) is 0.432. The molecule has 0 aromatic rings. The van der Waals surface area contributed by atoms with Crippen molar-refractivity contribution in [1.82, 2.24) is 0 Å². The Morgan fingerprint density at radius 2 is 2.10 bits per heavy atom. The highest BCUT2D eigenvalue weighted by Crippen LogP contribution is 2.17. The van der Waals surface area contributed by atoms with Crippen LogP contribution in [0.2, 0.25) is 0 Å². The van der Waals surface area contributed by atoms with Gasteiger partial charge in [0, 0.05) is 12.8 Å². The highest BCUT2D eigenvalue weighted by molar-refractivity contribution is 6.12. The zero-order chi connectivity index (χ0) is 7.56. The van der Waals surface area contributed by atoms with Crippen molar-refractivity contribution in [3.05, 3.63) is 11.3 Å². The molecule has 0 aliphatic heterocycles. The van der Waals surface area contributed by atoms with Crippen molar-refractivity contribution in [2.75, 3.05) is 0 Å². The van der Waals surface area contributed by atoms with Crippen LogP contribution in [0.25, 0.3) is 0 Å². The van der Waals surface area contributed by atoms with E-state index in [9.17, 15) is 9.59 Å². The molecular weight excluding hydrogens is 132 g/mol.